The zero-order chi connectivity index (χ0) is 20.2. The summed E-state index contributed by atoms with van der Waals surface area (Å²) in [6.07, 6.45) is 0. The van der Waals surface area contributed by atoms with Gasteiger partial charge in [-0.15, -0.1) is 0 Å². The molecule has 0 aliphatic heterocycles. The highest BCUT2D eigenvalue weighted by Gasteiger charge is 2.23. The molecule has 0 aromatic heterocycles. The van der Waals surface area contributed by atoms with Gasteiger partial charge in [0.15, 0.2) is 0 Å². The molecule has 0 aliphatic rings. The summed E-state index contributed by atoms with van der Waals surface area (Å²) in [5, 5.41) is 0. The van der Waals surface area contributed by atoms with Gasteiger partial charge in [0.1, 0.15) is 0 Å². The first-order valence-corrected chi connectivity index (χ1v) is 10.2. The van der Waals surface area contributed by atoms with Crippen molar-refractivity contribution in [3.8, 4) is 0 Å². The van der Waals surface area contributed by atoms with Crippen molar-refractivity contribution in [1.29, 1.82) is 0 Å². The fourth-order valence-corrected chi connectivity index (χ4v) is 3.73. The fourth-order valence-electron chi connectivity index (χ4n) is 2.63. The van der Waals surface area contributed by atoms with Crippen molar-refractivity contribution in [3.05, 3.63) is 59.7 Å². The average Bonchev–Trinajstić information content (AvgIpc) is 2.62. The summed E-state index contributed by atoms with van der Waals surface area (Å²) in [5.74, 6) is -0.246. The molecule has 2 aromatic rings. The number of benzene rings is 2. The van der Waals surface area contributed by atoms with Gasteiger partial charge in [0.2, 0.25) is 0 Å². The molecule has 2 aromatic carbocycles. The van der Waals surface area contributed by atoms with Crippen LogP contribution in [0.4, 0.5) is 5.69 Å². The van der Waals surface area contributed by atoms with E-state index in [0.717, 1.165) is 5.56 Å². The van der Waals surface area contributed by atoms with E-state index in [1.165, 1.54) is 12.1 Å². The summed E-state index contributed by atoms with van der Waals surface area (Å²) in [6, 6.07) is 13.1. The van der Waals surface area contributed by atoms with Crippen LogP contribution in [0.15, 0.2) is 53.4 Å². The number of carbonyl (C=O) groups is 1. The van der Waals surface area contributed by atoms with Crippen molar-refractivity contribution < 1.29 is 13.2 Å². The molecule has 0 radical (unpaired) electrons. The third kappa shape index (κ3) is 5.55. The summed E-state index contributed by atoms with van der Waals surface area (Å²) in [5.41, 5.74) is 7.33. The van der Waals surface area contributed by atoms with E-state index in [1.54, 1.807) is 36.2 Å². The number of aryl methyl sites for hydroxylation is 1. The van der Waals surface area contributed by atoms with Crippen molar-refractivity contribution >= 4 is 21.6 Å². The smallest absolute Gasteiger partial charge is 0.261 e. The first kappa shape index (κ1) is 20.9. The third-order valence-corrected chi connectivity index (χ3v) is 5.64. The van der Waals surface area contributed by atoms with Gasteiger partial charge < -0.3 is 10.6 Å². The highest BCUT2D eigenvalue weighted by atomic mass is 32.2. The topological polar surface area (TPSA) is 92.5 Å². The van der Waals surface area contributed by atoms with E-state index in [0.29, 0.717) is 24.3 Å². The Bertz CT molecular complexity index is 906. The monoisotopic (exact) mass is 389 g/mol. The standard InChI is InChI=1S/C20H27N3O3S/c1-15-8-10-17(11-9-15)22-27(25,26)18-7-5-6-16(12-18)19(24)23(4)14-20(2,3)13-21/h5-12,22H,13-14,21H2,1-4H3. The van der Waals surface area contributed by atoms with Crippen molar-refractivity contribution in [2.45, 2.75) is 25.7 Å². The normalized spacial score (nSPS) is 11.9. The van der Waals surface area contributed by atoms with Crippen molar-refractivity contribution in [1.82, 2.24) is 4.90 Å². The molecule has 0 fully saturated rings. The predicted molar refractivity (Wildman–Crippen MR) is 108 cm³/mol. The Morgan fingerprint density at radius 3 is 2.37 bits per heavy atom. The fraction of sp³-hybridized carbons (Fsp3) is 0.350. The Balaban J connectivity index is 2.23. The number of nitrogens with one attached hydrogen (secondary N) is 1. The third-order valence-electron chi connectivity index (χ3n) is 4.26. The minimum Gasteiger partial charge on any atom is -0.341 e. The molecule has 3 N–H and O–H groups in total. The minimum absolute atomic E-state index is 0.0420. The lowest BCUT2D eigenvalue weighted by molar-refractivity contribution is 0.0740. The van der Waals surface area contributed by atoms with Gasteiger partial charge >= 0.3 is 0 Å². The van der Waals surface area contributed by atoms with E-state index in [-0.39, 0.29) is 16.2 Å². The Hall–Kier alpha value is -2.38. The maximum atomic E-state index is 12.7. The van der Waals surface area contributed by atoms with Gasteiger partial charge in [-0.05, 0) is 49.2 Å². The maximum Gasteiger partial charge on any atom is 0.261 e. The van der Waals surface area contributed by atoms with Crippen LogP contribution < -0.4 is 10.5 Å². The summed E-state index contributed by atoms with van der Waals surface area (Å²) in [7, 11) is -2.10. The number of carbonyl (C=O) groups excluding carboxylic acids is 1. The second-order valence-corrected chi connectivity index (χ2v) is 9.21. The lowest BCUT2D eigenvalue weighted by Crippen LogP contribution is -2.39. The van der Waals surface area contributed by atoms with E-state index < -0.39 is 10.0 Å². The Kier molecular flexibility index (Phi) is 6.28. The van der Waals surface area contributed by atoms with Gasteiger partial charge in [-0.25, -0.2) is 8.42 Å². The molecule has 0 heterocycles. The quantitative estimate of drug-likeness (QED) is 0.761. The van der Waals surface area contributed by atoms with Gasteiger partial charge in [-0.3, -0.25) is 9.52 Å². The first-order valence-electron chi connectivity index (χ1n) is 8.69. The number of hydrogen-bond acceptors (Lipinski definition) is 4. The molecule has 0 unspecified atom stereocenters. The van der Waals surface area contributed by atoms with Crippen molar-refractivity contribution in [2.24, 2.45) is 11.1 Å². The molecule has 0 saturated heterocycles. The minimum atomic E-state index is -3.79. The largest absolute Gasteiger partial charge is 0.341 e. The molecule has 6 nitrogen and oxygen atoms in total. The zero-order valence-corrected chi connectivity index (χ0v) is 17.0. The molecule has 0 saturated carbocycles. The first-order chi connectivity index (χ1) is 12.5. The second kappa shape index (κ2) is 8.10. The van der Waals surface area contributed by atoms with E-state index in [4.69, 9.17) is 5.73 Å². The van der Waals surface area contributed by atoms with Crippen LogP contribution in [0.25, 0.3) is 0 Å². The number of anilines is 1. The van der Waals surface area contributed by atoms with Crippen molar-refractivity contribution in [3.63, 3.8) is 0 Å². The Morgan fingerprint density at radius 2 is 1.78 bits per heavy atom. The van der Waals surface area contributed by atoms with Gasteiger partial charge in [-0.1, -0.05) is 37.6 Å². The van der Waals surface area contributed by atoms with E-state index in [1.807, 2.05) is 32.9 Å². The van der Waals surface area contributed by atoms with Crippen molar-refractivity contribution in [2.75, 3.05) is 24.9 Å². The molecule has 2 rings (SSSR count). The summed E-state index contributed by atoms with van der Waals surface area (Å²) < 4.78 is 27.8. The number of amides is 1. The molecule has 0 bridgehead atoms. The van der Waals surface area contributed by atoms with Crippen LogP contribution in [-0.4, -0.2) is 39.4 Å². The van der Waals surface area contributed by atoms with Gasteiger partial charge in [0.05, 0.1) is 4.90 Å². The summed E-state index contributed by atoms with van der Waals surface area (Å²) in [6.45, 7) is 6.79. The van der Waals surface area contributed by atoms with Crippen LogP contribution in [0.2, 0.25) is 0 Å². The summed E-state index contributed by atoms with van der Waals surface area (Å²) in [4.78, 5) is 14.3. The number of sulfonamides is 1. The summed E-state index contributed by atoms with van der Waals surface area (Å²) >= 11 is 0. The molecular weight excluding hydrogens is 362 g/mol. The molecule has 146 valence electrons. The van der Waals surface area contributed by atoms with Crippen LogP contribution in [0.1, 0.15) is 29.8 Å². The van der Waals surface area contributed by atoms with Crippen LogP contribution in [-0.2, 0) is 10.0 Å². The highest BCUT2D eigenvalue weighted by Crippen LogP contribution is 2.20. The Morgan fingerprint density at radius 1 is 1.15 bits per heavy atom. The second-order valence-electron chi connectivity index (χ2n) is 7.53. The van der Waals surface area contributed by atoms with E-state index in [2.05, 4.69) is 4.72 Å². The highest BCUT2D eigenvalue weighted by molar-refractivity contribution is 7.92. The number of nitrogens with two attached hydrogens (primary N) is 1. The molecule has 0 aliphatic carbocycles. The zero-order valence-electron chi connectivity index (χ0n) is 16.2. The van der Waals surface area contributed by atoms with Crippen LogP contribution >= 0.6 is 0 Å². The predicted octanol–water partition coefficient (Wildman–Crippen LogP) is 2.85. The number of nitrogens with zero attached hydrogens (tertiary/aromatic N) is 1. The Labute approximate surface area is 161 Å². The van der Waals surface area contributed by atoms with Gasteiger partial charge in [0.25, 0.3) is 15.9 Å². The molecule has 0 spiro atoms. The van der Waals surface area contributed by atoms with Gasteiger partial charge in [-0.2, -0.15) is 0 Å². The lowest BCUT2D eigenvalue weighted by Gasteiger charge is -2.29. The van der Waals surface area contributed by atoms with Gasteiger partial charge in [0, 0.05) is 24.8 Å². The van der Waals surface area contributed by atoms with Crippen LogP contribution in [0.5, 0.6) is 0 Å². The van der Waals surface area contributed by atoms with Crippen LogP contribution in [0.3, 0.4) is 0 Å². The van der Waals surface area contributed by atoms with E-state index >= 15 is 0 Å². The number of rotatable bonds is 7. The average molecular weight is 390 g/mol. The lowest BCUT2D eigenvalue weighted by atomic mass is 9.93. The molecule has 27 heavy (non-hydrogen) atoms. The molecule has 0 atom stereocenters. The molecule has 1 amide bonds. The molecular formula is C20H27N3O3S. The maximum absolute atomic E-state index is 12.7. The van der Waals surface area contributed by atoms with Crippen LogP contribution in [0, 0.1) is 12.3 Å². The SMILES string of the molecule is Cc1ccc(NS(=O)(=O)c2cccc(C(=O)N(C)CC(C)(C)CN)c2)cc1. The molecule has 7 heteroatoms. The number of hydrogen-bond donors (Lipinski definition) is 2. The van der Waals surface area contributed by atoms with E-state index in [9.17, 15) is 13.2 Å².